The van der Waals surface area contributed by atoms with Crippen molar-refractivity contribution in [2.45, 2.75) is 6.92 Å². The maximum atomic E-state index is 12.5. The molecule has 0 aliphatic carbocycles. The van der Waals surface area contributed by atoms with Crippen molar-refractivity contribution in [3.8, 4) is 6.07 Å². The van der Waals surface area contributed by atoms with Crippen LogP contribution in [0.2, 0.25) is 0 Å². The van der Waals surface area contributed by atoms with Gasteiger partial charge in [-0.05, 0) is 24.6 Å². The van der Waals surface area contributed by atoms with Crippen LogP contribution < -0.4 is 0 Å². The van der Waals surface area contributed by atoms with Gasteiger partial charge in [0.2, 0.25) is 0 Å². The number of allylic oxidation sites excluding steroid dienone is 2. The number of hydrogen-bond donors (Lipinski definition) is 0. The van der Waals surface area contributed by atoms with E-state index >= 15 is 0 Å². The second-order valence-electron chi connectivity index (χ2n) is 2.32. The largest absolute Gasteiger partial charge is 0.207 e. The maximum Gasteiger partial charge on any atom is 0.123 e. The molecular weight excluding hydrogens is 153 g/mol. The quantitative estimate of drug-likeness (QED) is 0.581. The molecule has 0 aromatic heterocycles. The summed E-state index contributed by atoms with van der Waals surface area (Å²) in [6, 6.07) is 7.90. The van der Waals surface area contributed by atoms with Crippen LogP contribution in [0, 0.1) is 17.1 Å². The zero-order chi connectivity index (χ0) is 8.97. The number of nitrogens with zero attached hydrogens (tertiary/aromatic N) is 1. The molecule has 0 saturated heterocycles. The molecule has 1 nitrogen and oxygen atoms in total. The smallest absolute Gasteiger partial charge is 0.123 e. The van der Waals surface area contributed by atoms with Gasteiger partial charge in [0.25, 0.3) is 0 Å². The van der Waals surface area contributed by atoms with Crippen LogP contribution >= 0.6 is 0 Å². The molecule has 0 atom stereocenters. The van der Waals surface area contributed by atoms with E-state index in [4.69, 9.17) is 5.26 Å². The van der Waals surface area contributed by atoms with Crippen molar-refractivity contribution in [2.24, 2.45) is 0 Å². The topological polar surface area (TPSA) is 23.8 Å². The fourth-order valence-corrected chi connectivity index (χ4v) is 0.925. The van der Waals surface area contributed by atoms with E-state index in [2.05, 4.69) is 0 Å². The maximum absolute atomic E-state index is 12.5. The van der Waals surface area contributed by atoms with Crippen molar-refractivity contribution in [1.82, 2.24) is 0 Å². The average Bonchev–Trinajstić information content (AvgIpc) is 2.10. The molecule has 0 radical (unpaired) electrons. The van der Waals surface area contributed by atoms with Gasteiger partial charge in [-0.2, -0.15) is 5.26 Å². The minimum Gasteiger partial charge on any atom is -0.207 e. The van der Waals surface area contributed by atoms with Gasteiger partial charge in [0, 0.05) is 0 Å². The first-order valence-electron chi connectivity index (χ1n) is 3.60. The lowest BCUT2D eigenvalue weighted by molar-refractivity contribution is 0.627. The van der Waals surface area contributed by atoms with Gasteiger partial charge >= 0.3 is 0 Å². The average molecular weight is 161 g/mol. The molecule has 1 aromatic rings. The second kappa shape index (κ2) is 3.68. The summed E-state index contributed by atoms with van der Waals surface area (Å²) in [6.45, 7) is 1.78. The summed E-state index contributed by atoms with van der Waals surface area (Å²) < 4.78 is 12.5. The standard InChI is InChI=1S/C10H8FN/c1-2-8(7-12)9-3-5-10(11)6-4-9/h2-6H,1H3/b8-2+. The van der Waals surface area contributed by atoms with Crippen LogP contribution in [0.4, 0.5) is 4.39 Å². The number of benzene rings is 1. The predicted molar refractivity (Wildman–Crippen MR) is 45.7 cm³/mol. The number of nitriles is 1. The Morgan fingerprint density at radius 2 is 2.00 bits per heavy atom. The summed E-state index contributed by atoms with van der Waals surface area (Å²) in [7, 11) is 0. The molecule has 1 rings (SSSR count). The van der Waals surface area contributed by atoms with Gasteiger partial charge in [0.15, 0.2) is 0 Å². The molecule has 0 spiro atoms. The summed E-state index contributed by atoms with van der Waals surface area (Å²) in [5.41, 5.74) is 1.32. The summed E-state index contributed by atoms with van der Waals surface area (Å²) in [6.07, 6.45) is 1.70. The van der Waals surface area contributed by atoms with Crippen molar-refractivity contribution >= 4 is 5.57 Å². The van der Waals surface area contributed by atoms with Crippen LogP contribution in [0.25, 0.3) is 5.57 Å². The summed E-state index contributed by atoms with van der Waals surface area (Å²) in [4.78, 5) is 0. The van der Waals surface area contributed by atoms with Crippen molar-refractivity contribution in [2.75, 3.05) is 0 Å². The van der Waals surface area contributed by atoms with Crippen LogP contribution in [0.5, 0.6) is 0 Å². The van der Waals surface area contributed by atoms with E-state index in [1.165, 1.54) is 12.1 Å². The van der Waals surface area contributed by atoms with Gasteiger partial charge < -0.3 is 0 Å². The first-order valence-corrected chi connectivity index (χ1v) is 3.60. The van der Waals surface area contributed by atoms with Crippen molar-refractivity contribution in [3.05, 3.63) is 41.7 Å². The van der Waals surface area contributed by atoms with Crippen LogP contribution in [-0.2, 0) is 0 Å². The zero-order valence-corrected chi connectivity index (χ0v) is 6.71. The van der Waals surface area contributed by atoms with Crippen molar-refractivity contribution in [3.63, 3.8) is 0 Å². The Morgan fingerprint density at radius 3 is 2.42 bits per heavy atom. The Bertz CT molecular complexity index is 330. The Hall–Kier alpha value is -1.62. The van der Waals surface area contributed by atoms with Gasteiger partial charge in [-0.15, -0.1) is 0 Å². The summed E-state index contributed by atoms with van der Waals surface area (Å²) in [5, 5.41) is 8.64. The third-order valence-corrected chi connectivity index (χ3v) is 1.56. The molecule has 12 heavy (non-hydrogen) atoms. The van der Waals surface area contributed by atoms with Gasteiger partial charge in [-0.3, -0.25) is 0 Å². The molecule has 0 N–H and O–H groups in total. The number of halogens is 1. The van der Waals surface area contributed by atoms with E-state index in [-0.39, 0.29) is 5.82 Å². The highest BCUT2D eigenvalue weighted by Crippen LogP contribution is 2.13. The summed E-state index contributed by atoms with van der Waals surface area (Å²) in [5.74, 6) is -0.285. The van der Waals surface area contributed by atoms with Crippen LogP contribution in [-0.4, -0.2) is 0 Å². The molecule has 0 bridgehead atoms. The Labute approximate surface area is 70.8 Å². The molecule has 0 saturated carbocycles. The van der Waals surface area contributed by atoms with Crippen LogP contribution in [0.15, 0.2) is 30.3 Å². The Morgan fingerprint density at radius 1 is 1.42 bits per heavy atom. The highest BCUT2D eigenvalue weighted by atomic mass is 19.1. The van der Waals surface area contributed by atoms with E-state index in [1.807, 2.05) is 6.07 Å². The molecule has 0 amide bonds. The Kier molecular flexibility index (Phi) is 2.60. The molecule has 2 heteroatoms. The number of rotatable bonds is 1. The lowest BCUT2D eigenvalue weighted by Gasteiger charge is -1.96. The molecule has 0 fully saturated rings. The molecule has 1 aromatic carbocycles. The second-order valence-corrected chi connectivity index (χ2v) is 2.32. The highest BCUT2D eigenvalue weighted by Gasteiger charge is 1.97. The van der Waals surface area contributed by atoms with Gasteiger partial charge in [0.1, 0.15) is 5.82 Å². The molecule has 0 heterocycles. The minimum atomic E-state index is -0.285. The first kappa shape index (κ1) is 8.48. The third-order valence-electron chi connectivity index (χ3n) is 1.56. The van der Waals surface area contributed by atoms with Gasteiger partial charge in [-0.25, -0.2) is 4.39 Å². The lowest BCUT2D eigenvalue weighted by Crippen LogP contribution is -1.80. The fraction of sp³-hybridized carbons (Fsp3) is 0.100. The third kappa shape index (κ3) is 1.70. The molecule has 0 aliphatic rings. The van der Waals surface area contributed by atoms with E-state index in [9.17, 15) is 4.39 Å². The summed E-state index contributed by atoms with van der Waals surface area (Å²) >= 11 is 0. The molecule has 0 unspecified atom stereocenters. The normalized spacial score (nSPS) is 10.9. The molecule has 0 aliphatic heterocycles. The van der Waals surface area contributed by atoms with E-state index in [0.29, 0.717) is 5.57 Å². The SMILES string of the molecule is C/C=C(\C#N)c1ccc(F)cc1. The van der Waals surface area contributed by atoms with Crippen LogP contribution in [0.3, 0.4) is 0 Å². The van der Waals surface area contributed by atoms with E-state index in [1.54, 1.807) is 25.1 Å². The van der Waals surface area contributed by atoms with E-state index in [0.717, 1.165) is 5.56 Å². The molecular formula is C10H8FN. The Balaban J connectivity index is 3.06. The zero-order valence-electron chi connectivity index (χ0n) is 6.71. The van der Waals surface area contributed by atoms with Crippen LogP contribution in [0.1, 0.15) is 12.5 Å². The highest BCUT2D eigenvalue weighted by molar-refractivity contribution is 5.76. The van der Waals surface area contributed by atoms with Crippen molar-refractivity contribution < 1.29 is 4.39 Å². The fourth-order valence-electron chi connectivity index (χ4n) is 0.925. The van der Waals surface area contributed by atoms with Crippen molar-refractivity contribution in [1.29, 1.82) is 5.26 Å². The minimum absolute atomic E-state index is 0.285. The number of hydrogen-bond acceptors (Lipinski definition) is 1. The van der Waals surface area contributed by atoms with E-state index < -0.39 is 0 Å². The predicted octanol–water partition coefficient (Wildman–Crippen LogP) is 2.75. The van der Waals surface area contributed by atoms with Gasteiger partial charge in [-0.1, -0.05) is 18.2 Å². The van der Waals surface area contributed by atoms with Gasteiger partial charge in [0.05, 0.1) is 11.6 Å². The first-order chi connectivity index (χ1) is 5.77. The lowest BCUT2D eigenvalue weighted by atomic mass is 10.1. The molecule has 60 valence electrons. The monoisotopic (exact) mass is 161 g/mol.